The molecule has 0 radical (unpaired) electrons. The molecule has 126 valence electrons. The molecule has 0 bridgehead atoms. The van der Waals surface area contributed by atoms with Gasteiger partial charge in [-0.3, -0.25) is 9.59 Å². The van der Waals surface area contributed by atoms with Gasteiger partial charge in [-0.25, -0.2) is 0 Å². The van der Waals surface area contributed by atoms with Crippen molar-refractivity contribution in [2.75, 3.05) is 18.5 Å². The van der Waals surface area contributed by atoms with Crippen LogP contribution in [0.15, 0.2) is 18.2 Å². The highest BCUT2D eigenvalue weighted by Gasteiger charge is 2.27. The zero-order valence-corrected chi connectivity index (χ0v) is 14.0. The first-order valence-corrected chi connectivity index (χ1v) is 8.28. The van der Waals surface area contributed by atoms with Crippen LogP contribution in [0.5, 0.6) is 0 Å². The Labute approximate surface area is 137 Å². The molecule has 2 N–H and O–H groups in total. The molecule has 1 aromatic rings. The fourth-order valence-electron chi connectivity index (χ4n) is 3.17. The molecule has 1 aliphatic heterocycles. The maximum Gasteiger partial charge on any atom is 0.233 e. The number of aliphatic hydroxyl groups excluding tert-OH is 1. The number of carbonyl (C=O) groups is 2. The highest BCUT2D eigenvalue weighted by Crippen LogP contribution is 2.21. The lowest BCUT2D eigenvalue weighted by Crippen LogP contribution is -2.45. The van der Waals surface area contributed by atoms with Crippen molar-refractivity contribution in [3.05, 3.63) is 29.3 Å². The van der Waals surface area contributed by atoms with E-state index < -0.39 is 0 Å². The van der Waals surface area contributed by atoms with Gasteiger partial charge in [-0.2, -0.15) is 0 Å². The minimum absolute atomic E-state index is 0.0650. The van der Waals surface area contributed by atoms with Crippen LogP contribution in [0.3, 0.4) is 0 Å². The van der Waals surface area contributed by atoms with E-state index in [2.05, 4.69) is 5.32 Å². The number of nitrogens with zero attached hydrogens (tertiary/aromatic N) is 1. The van der Waals surface area contributed by atoms with Crippen LogP contribution in [0.4, 0.5) is 5.69 Å². The monoisotopic (exact) mass is 318 g/mol. The molecule has 2 amide bonds. The maximum absolute atomic E-state index is 12.4. The molecule has 0 saturated carbocycles. The number of anilines is 1. The minimum atomic E-state index is -0.282. The SMILES string of the molecule is Cc1ccc(NC(=O)CC(=O)N2CCCC[C@@H]2CCO)c(C)c1. The number of aryl methyl sites for hydroxylation is 2. The molecular weight excluding hydrogens is 292 g/mol. The standard InChI is InChI=1S/C18H26N2O3/c1-13-6-7-16(14(2)11-13)19-17(22)12-18(23)20-9-4-3-5-15(20)8-10-21/h6-7,11,15,21H,3-5,8-10,12H2,1-2H3,(H,19,22)/t15-/m1/s1. The normalized spacial score (nSPS) is 17.9. The second kappa shape index (κ2) is 8.11. The van der Waals surface area contributed by atoms with E-state index in [1.54, 1.807) is 4.90 Å². The summed E-state index contributed by atoms with van der Waals surface area (Å²) in [4.78, 5) is 26.3. The Bertz CT molecular complexity index is 569. The van der Waals surface area contributed by atoms with E-state index in [9.17, 15) is 9.59 Å². The topological polar surface area (TPSA) is 69.6 Å². The molecule has 1 atom stereocenters. The van der Waals surface area contributed by atoms with Crippen LogP contribution in [-0.2, 0) is 9.59 Å². The predicted octanol–water partition coefficient (Wildman–Crippen LogP) is 2.40. The Morgan fingerprint density at radius 1 is 1.30 bits per heavy atom. The molecule has 0 unspecified atom stereocenters. The van der Waals surface area contributed by atoms with Gasteiger partial charge in [0.2, 0.25) is 11.8 Å². The Morgan fingerprint density at radius 2 is 2.09 bits per heavy atom. The molecule has 2 rings (SSSR count). The van der Waals surface area contributed by atoms with Gasteiger partial charge in [-0.15, -0.1) is 0 Å². The smallest absolute Gasteiger partial charge is 0.233 e. The molecule has 1 saturated heterocycles. The van der Waals surface area contributed by atoms with Gasteiger partial charge in [0.05, 0.1) is 0 Å². The maximum atomic E-state index is 12.4. The first-order chi connectivity index (χ1) is 11.0. The van der Waals surface area contributed by atoms with Gasteiger partial charge >= 0.3 is 0 Å². The largest absolute Gasteiger partial charge is 0.396 e. The third-order valence-electron chi connectivity index (χ3n) is 4.38. The van der Waals surface area contributed by atoms with Crippen LogP contribution in [0.2, 0.25) is 0 Å². The molecule has 5 heteroatoms. The van der Waals surface area contributed by atoms with Gasteiger partial charge in [0.15, 0.2) is 0 Å². The fourth-order valence-corrected chi connectivity index (χ4v) is 3.17. The van der Waals surface area contributed by atoms with Gasteiger partial charge in [0.25, 0.3) is 0 Å². The molecule has 0 aromatic heterocycles. The van der Waals surface area contributed by atoms with E-state index in [1.165, 1.54) is 0 Å². The summed E-state index contributed by atoms with van der Waals surface area (Å²) in [5.41, 5.74) is 2.87. The number of hydrogen-bond acceptors (Lipinski definition) is 3. The molecule has 1 aliphatic rings. The van der Waals surface area contributed by atoms with Gasteiger partial charge in [0, 0.05) is 24.9 Å². The second-order valence-electron chi connectivity index (χ2n) is 6.29. The number of rotatable bonds is 5. The first kappa shape index (κ1) is 17.5. The number of hydrogen-bond donors (Lipinski definition) is 2. The van der Waals surface area contributed by atoms with Crippen molar-refractivity contribution >= 4 is 17.5 Å². The number of amides is 2. The molecular formula is C18H26N2O3. The van der Waals surface area contributed by atoms with Crippen molar-refractivity contribution < 1.29 is 14.7 Å². The van der Waals surface area contributed by atoms with E-state index in [-0.39, 0.29) is 30.9 Å². The molecule has 5 nitrogen and oxygen atoms in total. The quantitative estimate of drug-likeness (QED) is 0.819. The molecule has 0 aliphatic carbocycles. The third kappa shape index (κ3) is 4.79. The van der Waals surface area contributed by atoms with E-state index in [1.807, 2.05) is 32.0 Å². The van der Waals surface area contributed by atoms with Crippen molar-refractivity contribution in [1.82, 2.24) is 4.90 Å². The average molecular weight is 318 g/mol. The first-order valence-electron chi connectivity index (χ1n) is 8.28. The lowest BCUT2D eigenvalue weighted by Gasteiger charge is -2.35. The van der Waals surface area contributed by atoms with Gasteiger partial charge in [0.1, 0.15) is 6.42 Å². The van der Waals surface area contributed by atoms with E-state index in [0.29, 0.717) is 13.0 Å². The van der Waals surface area contributed by atoms with E-state index in [4.69, 9.17) is 5.11 Å². The number of benzene rings is 1. The summed E-state index contributed by atoms with van der Waals surface area (Å²) in [5.74, 6) is -0.430. The number of carbonyl (C=O) groups excluding carboxylic acids is 2. The highest BCUT2D eigenvalue weighted by molar-refractivity contribution is 6.04. The Kier molecular flexibility index (Phi) is 6.16. The van der Waals surface area contributed by atoms with E-state index in [0.717, 1.165) is 36.1 Å². The average Bonchev–Trinajstić information content (AvgIpc) is 2.51. The number of piperidine rings is 1. The lowest BCUT2D eigenvalue weighted by atomic mass is 9.99. The third-order valence-corrected chi connectivity index (χ3v) is 4.38. The summed E-state index contributed by atoms with van der Waals surface area (Å²) in [5, 5.41) is 11.9. The van der Waals surface area contributed by atoms with E-state index >= 15 is 0 Å². The van der Waals surface area contributed by atoms with Crippen molar-refractivity contribution in [1.29, 1.82) is 0 Å². The summed E-state index contributed by atoms with van der Waals surface area (Å²) in [7, 11) is 0. The second-order valence-corrected chi connectivity index (χ2v) is 6.29. The zero-order valence-electron chi connectivity index (χ0n) is 14.0. The molecule has 1 heterocycles. The van der Waals surface area contributed by atoms with Crippen LogP contribution in [-0.4, -0.2) is 41.0 Å². The summed E-state index contributed by atoms with van der Waals surface area (Å²) in [6.45, 7) is 4.69. The van der Waals surface area contributed by atoms with Crippen LogP contribution in [0.1, 0.15) is 43.2 Å². The Hall–Kier alpha value is -1.88. The Balaban J connectivity index is 1.94. The summed E-state index contributed by atoms with van der Waals surface area (Å²) < 4.78 is 0. The number of nitrogens with one attached hydrogen (secondary N) is 1. The summed E-state index contributed by atoms with van der Waals surface area (Å²) >= 11 is 0. The van der Waals surface area contributed by atoms with Gasteiger partial charge < -0.3 is 15.3 Å². The van der Waals surface area contributed by atoms with Crippen LogP contribution in [0.25, 0.3) is 0 Å². The highest BCUT2D eigenvalue weighted by atomic mass is 16.3. The Morgan fingerprint density at radius 3 is 2.78 bits per heavy atom. The number of aliphatic hydroxyl groups is 1. The van der Waals surface area contributed by atoms with Crippen molar-refractivity contribution in [2.24, 2.45) is 0 Å². The van der Waals surface area contributed by atoms with Crippen LogP contribution < -0.4 is 5.32 Å². The lowest BCUT2D eigenvalue weighted by molar-refractivity contribution is -0.138. The predicted molar refractivity (Wildman–Crippen MR) is 90.2 cm³/mol. The van der Waals surface area contributed by atoms with Crippen LogP contribution >= 0.6 is 0 Å². The minimum Gasteiger partial charge on any atom is -0.396 e. The fraction of sp³-hybridized carbons (Fsp3) is 0.556. The van der Waals surface area contributed by atoms with Gasteiger partial charge in [-0.1, -0.05) is 17.7 Å². The molecule has 23 heavy (non-hydrogen) atoms. The van der Waals surface area contributed by atoms with Crippen molar-refractivity contribution in [3.8, 4) is 0 Å². The van der Waals surface area contributed by atoms with Crippen LogP contribution in [0, 0.1) is 13.8 Å². The number of likely N-dealkylation sites (tertiary alicyclic amines) is 1. The zero-order chi connectivity index (χ0) is 16.8. The molecule has 0 spiro atoms. The molecule has 1 fully saturated rings. The summed E-state index contributed by atoms with van der Waals surface area (Å²) in [6.07, 6.45) is 3.39. The van der Waals surface area contributed by atoms with Gasteiger partial charge in [-0.05, 0) is 51.2 Å². The van der Waals surface area contributed by atoms with Crippen molar-refractivity contribution in [3.63, 3.8) is 0 Å². The molecule has 1 aromatic carbocycles. The van der Waals surface area contributed by atoms with Crippen molar-refractivity contribution in [2.45, 2.75) is 52.0 Å². The summed E-state index contributed by atoms with van der Waals surface area (Å²) in [6, 6.07) is 5.86.